The minimum absolute atomic E-state index is 0.171. The maximum Gasteiger partial charge on any atom is 0.111 e. The molecule has 5 aliphatic carbocycles. The highest BCUT2D eigenvalue weighted by Crippen LogP contribution is 2.71. The third-order valence-electron chi connectivity index (χ3n) is 8.17. The highest BCUT2D eigenvalue weighted by atomic mass is 16.3. The van der Waals surface area contributed by atoms with E-state index in [-0.39, 0.29) is 5.41 Å². The van der Waals surface area contributed by atoms with E-state index in [2.05, 4.69) is 39.0 Å². The SMILES string of the molecule is CC1CC=C2C3=C(CCC21C)C1(C)CC=C(O)C=C1C1(CC1)C3. The van der Waals surface area contributed by atoms with Crippen molar-refractivity contribution in [1.82, 2.24) is 0 Å². The first-order valence-electron chi connectivity index (χ1n) is 9.44. The first kappa shape index (κ1) is 14.1. The number of hydrogen-bond acceptors (Lipinski definition) is 1. The molecule has 1 heteroatoms. The summed E-state index contributed by atoms with van der Waals surface area (Å²) in [4.78, 5) is 0. The minimum Gasteiger partial charge on any atom is -0.508 e. The number of allylic oxidation sites excluding steroid dienone is 7. The molecule has 0 aromatic carbocycles. The van der Waals surface area contributed by atoms with Crippen LogP contribution in [-0.4, -0.2) is 5.11 Å². The zero-order valence-corrected chi connectivity index (χ0v) is 14.7. The van der Waals surface area contributed by atoms with Crippen LogP contribution in [0.1, 0.15) is 65.7 Å². The summed E-state index contributed by atoms with van der Waals surface area (Å²) in [5.41, 5.74) is 7.66. The summed E-state index contributed by atoms with van der Waals surface area (Å²) < 4.78 is 0. The summed E-state index contributed by atoms with van der Waals surface area (Å²) in [6, 6.07) is 0. The molecule has 0 aliphatic heterocycles. The highest BCUT2D eigenvalue weighted by Gasteiger charge is 2.59. The van der Waals surface area contributed by atoms with Gasteiger partial charge in [-0.25, -0.2) is 0 Å². The van der Waals surface area contributed by atoms with Gasteiger partial charge in [0, 0.05) is 5.41 Å². The summed E-state index contributed by atoms with van der Waals surface area (Å²) in [5, 5.41) is 10.1. The van der Waals surface area contributed by atoms with Crippen LogP contribution in [0.2, 0.25) is 0 Å². The molecular formula is C22H28O. The van der Waals surface area contributed by atoms with Crippen molar-refractivity contribution in [2.45, 2.75) is 65.7 Å². The molecule has 0 aromatic heterocycles. The quantitative estimate of drug-likeness (QED) is 0.581. The Morgan fingerprint density at radius 1 is 1.13 bits per heavy atom. The molecule has 1 N–H and O–H groups in total. The van der Waals surface area contributed by atoms with E-state index in [1.54, 1.807) is 22.3 Å². The molecule has 1 saturated carbocycles. The van der Waals surface area contributed by atoms with Gasteiger partial charge in [0.1, 0.15) is 5.76 Å². The van der Waals surface area contributed by atoms with Crippen molar-refractivity contribution in [3.05, 3.63) is 46.3 Å². The molecule has 0 amide bonds. The van der Waals surface area contributed by atoms with Gasteiger partial charge >= 0.3 is 0 Å². The van der Waals surface area contributed by atoms with Crippen molar-refractivity contribution in [1.29, 1.82) is 0 Å². The molecule has 0 heterocycles. The third kappa shape index (κ3) is 1.59. The lowest BCUT2D eigenvalue weighted by Gasteiger charge is -2.51. The molecular weight excluding hydrogens is 280 g/mol. The molecule has 1 nitrogen and oxygen atoms in total. The fourth-order valence-corrected chi connectivity index (χ4v) is 6.25. The molecule has 1 spiro atoms. The molecule has 5 rings (SSSR count). The van der Waals surface area contributed by atoms with Gasteiger partial charge in [-0.3, -0.25) is 0 Å². The fourth-order valence-electron chi connectivity index (χ4n) is 6.25. The Balaban J connectivity index is 1.70. The van der Waals surface area contributed by atoms with E-state index in [0.29, 0.717) is 16.6 Å². The van der Waals surface area contributed by atoms with Crippen LogP contribution < -0.4 is 0 Å². The minimum atomic E-state index is 0.171. The van der Waals surface area contributed by atoms with Gasteiger partial charge in [-0.15, -0.1) is 0 Å². The highest BCUT2D eigenvalue weighted by molar-refractivity contribution is 5.57. The van der Waals surface area contributed by atoms with Crippen LogP contribution in [0, 0.1) is 22.2 Å². The number of aliphatic hydroxyl groups is 1. The van der Waals surface area contributed by atoms with Crippen molar-refractivity contribution in [3.63, 3.8) is 0 Å². The lowest BCUT2D eigenvalue weighted by atomic mass is 9.52. The van der Waals surface area contributed by atoms with Gasteiger partial charge in [-0.1, -0.05) is 32.4 Å². The second kappa shape index (κ2) is 4.05. The van der Waals surface area contributed by atoms with Crippen LogP contribution >= 0.6 is 0 Å². The van der Waals surface area contributed by atoms with Crippen LogP contribution in [0.5, 0.6) is 0 Å². The van der Waals surface area contributed by atoms with Crippen molar-refractivity contribution < 1.29 is 5.11 Å². The predicted octanol–water partition coefficient (Wildman–Crippen LogP) is 6.01. The first-order valence-corrected chi connectivity index (χ1v) is 9.44. The molecule has 0 bridgehead atoms. The van der Waals surface area contributed by atoms with E-state index in [0.717, 1.165) is 12.3 Å². The molecule has 23 heavy (non-hydrogen) atoms. The second-order valence-electron chi connectivity index (χ2n) is 9.31. The standard InChI is InChI=1S/C22H28O/c1-14-4-5-17-16-13-22(10-11-22)19-12-15(23)6-8-21(19,3)18(16)7-9-20(14,17)2/h5-6,12,14,23H,4,7-11,13H2,1-3H3. The smallest absolute Gasteiger partial charge is 0.111 e. The molecule has 1 fully saturated rings. The topological polar surface area (TPSA) is 20.2 Å². The van der Waals surface area contributed by atoms with Crippen molar-refractivity contribution >= 4 is 0 Å². The summed E-state index contributed by atoms with van der Waals surface area (Å²) in [6.45, 7) is 7.41. The zero-order chi connectivity index (χ0) is 16.0. The Hall–Kier alpha value is -1.24. The van der Waals surface area contributed by atoms with E-state index >= 15 is 0 Å². The molecule has 5 aliphatic rings. The maximum atomic E-state index is 10.1. The van der Waals surface area contributed by atoms with Gasteiger partial charge < -0.3 is 5.11 Å². The molecule has 122 valence electrons. The summed E-state index contributed by atoms with van der Waals surface area (Å²) in [5.74, 6) is 1.30. The molecule has 0 aromatic rings. The maximum absolute atomic E-state index is 10.1. The predicted molar refractivity (Wildman–Crippen MR) is 94.0 cm³/mol. The second-order valence-corrected chi connectivity index (χ2v) is 9.31. The number of rotatable bonds is 0. The van der Waals surface area contributed by atoms with Gasteiger partial charge in [0.15, 0.2) is 0 Å². The largest absolute Gasteiger partial charge is 0.508 e. The summed E-state index contributed by atoms with van der Waals surface area (Å²) >= 11 is 0. The molecule has 3 atom stereocenters. The van der Waals surface area contributed by atoms with Gasteiger partial charge in [-0.2, -0.15) is 0 Å². The van der Waals surface area contributed by atoms with Gasteiger partial charge in [0.2, 0.25) is 0 Å². The van der Waals surface area contributed by atoms with Crippen molar-refractivity contribution in [2.75, 3.05) is 0 Å². The van der Waals surface area contributed by atoms with Gasteiger partial charge in [0.05, 0.1) is 0 Å². The van der Waals surface area contributed by atoms with Crippen LogP contribution in [-0.2, 0) is 0 Å². The van der Waals surface area contributed by atoms with Crippen LogP contribution in [0.15, 0.2) is 46.3 Å². The van der Waals surface area contributed by atoms with E-state index < -0.39 is 0 Å². The monoisotopic (exact) mass is 308 g/mol. The Labute approximate surface area is 139 Å². The zero-order valence-electron chi connectivity index (χ0n) is 14.7. The molecule has 0 saturated heterocycles. The van der Waals surface area contributed by atoms with Gasteiger partial charge in [-0.05, 0) is 90.6 Å². The normalized spacial score (nSPS) is 43.3. The van der Waals surface area contributed by atoms with E-state index in [1.165, 1.54) is 38.5 Å². The molecule has 3 unspecified atom stereocenters. The number of aliphatic hydroxyl groups excluding tert-OH is 1. The van der Waals surface area contributed by atoms with Gasteiger partial charge in [0.25, 0.3) is 0 Å². The van der Waals surface area contributed by atoms with Crippen LogP contribution in [0.3, 0.4) is 0 Å². The average molecular weight is 308 g/mol. The number of hydrogen-bond donors (Lipinski definition) is 1. The third-order valence-corrected chi connectivity index (χ3v) is 8.17. The number of fused-ring (bicyclic) bond motifs is 5. The van der Waals surface area contributed by atoms with E-state index in [4.69, 9.17) is 0 Å². The van der Waals surface area contributed by atoms with Crippen LogP contribution in [0.4, 0.5) is 0 Å². The Kier molecular flexibility index (Phi) is 2.49. The summed E-state index contributed by atoms with van der Waals surface area (Å²) in [6.07, 6.45) is 15.4. The van der Waals surface area contributed by atoms with Crippen molar-refractivity contribution in [2.24, 2.45) is 22.2 Å². The lowest BCUT2D eigenvalue weighted by molar-refractivity contribution is 0.228. The first-order chi connectivity index (χ1) is 10.9. The average Bonchev–Trinajstić information content (AvgIpc) is 3.21. The fraction of sp³-hybridized carbons (Fsp3) is 0.636. The Morgan fingerprint density at radius 2 is 1.91 bits per heavy atom. The summed E-state index contributed by atoms with van der Waals surface area (Å²) in [7, 11) is 0. The Morgan fingerprint density at radius 3 is 2.65 bits per heavy atom. The Bertz CT molecular complexity index is 727. The molecule has 0 radical (unpaired) electrons. The van der Waals surface area contributed by atoms with Crippen molar-refractivity contribution in [3.8, 4) is 0 Å². The van der Waals surface area contributed by atoms with E-state index in [1.807, 2.05) is 0 Å². The van der Waals surface area contributed by atoms with Crippen LogP contribution in [0.25, 0.3) is 0 Å². The lowest BCUT2D eigenvalue weighted by Crippen LogP contribution is -2.40. The van der Waals surface area contributed by atoms with E-state index in [9.17, 15) is 5.11 Å².